The minimum absolute atomic E-state index is 0.560. The van der Waals surface area contributed by atoms with Gasteiger partial charge in [-0.2, -0.15) is 0 Å². The van der Waals surface area contributed by atoms with E-state index in [9.17, 15) is 0 Å². The van der Waals surface area contributed by atoms with Gasteiger partial charge in [0.1, 0.15) is 5.82 Å². The van der Waals surface area contributed by atoms with Crippen molar-refractivity contribution in [2.24, 2.45) is 0 Å². The largest absolute Gasteiger partial charge is 0.384 e. The summed E-state index contributed by atoms with van der Waals surface area (Å²) in [5.41, 5.74) is 10.7. The molecule has 1 fully saturated rings. The molecule has 104 valence electrons. The Morgan fingerprint density at radius 2 is 1.80 bits per heavy atom. The van der Waals surface area contributed by atoms with E-state index in [2.05, 4.69) is 37.0 Å². The second-order valence-electron chi connectivity index (χ2n) is 5.84. The zero-order valence-corrected chi connectivity index (χ0v) is 12.2. The molecule has 0 aliphatic heterocycles. The van der Waals surface area contributed by atoms with Crippen molar-refractivity contribution in [3.05, 3.63) is 41.1 Å². The van der Waals surface area contributed by atoms with Crippen LogP contribution >= 0.6 is 0 Å². The molecule has 1 aliphatic rings. The van der Waals surface area contributed by atoms with Crippen molar-refractivity contribution in [1.82, 2.24) is 9.97 Å². The molecule has 2 aromatic rings. The number of benzene rings is 1. The lowest BCUT2D eigenvalue weighted by Gasteiger charge is -2.12. The average Bonchev–Trinajstić information content (AvgIpc) is 2.91. The van der Waals surface area contributed by atoms with E-state index < -0.39 is 0 Å². The fourth-order valence-electron chi connectivity index (χ4n) is 3.10. The highest BCUT2D eigenvalue weighted by Crippen LogP contribution is 2.34. The quantitative estimate of drug-likeness (QED) is 0.894. The Kier molecular flexibility index (Phi) is 3.43. The summed E-state index contributed by atoms with van der Waals surface area (Å²) in [5, 5.41) is 0. The summed E-state index contributed by atoms with van der Waals surface area (Å²) in [6, 6.07) is 8.31. The van der Waals surface area contributed by atoms with Crippen LogP contribution in [-0.2, 0) is 0 Å². The molecule has 1 aromatic carbocycles. The Bertz CT molecular complexity index is 628. The van der Waals surface area contributed by atoms with E-state index in [1.807, 2.05) is 6.07 Å². The van der Waals surface area contributed by atoms with Crippen LogP contribution in [0.15, 0.2) is 24.3 Å². The van der Waals surface area contributed by atoms with Crippen LogP contribution in [-0.4, -0.2) is 9.97 Å². The number of anilines is 1. The third kappa shape index (κ3) is 2.53. The number of nitrogens with zero attached hydrogens (tertiary/aromatic N) is 2. The number of hydrogen-bond acceptors (Lipinski definition) is 3. The van der Waals surface area contributed by atoms with E-state index in [1.54, 1.807) is 0 Å². The Balaban J connectivity index is 2.04. The lowest BCUT2D eigenvalue weighted by Crippen LogP contribution is -2.04. The Morgan fingerprint density at radius 3 is 2.50 bits per heavy atom. The van der Waals surface area contributed by atoms with Crippen molar-refractivity contribution in [2.75, 3.05) is 5.73 Å². The standard InChI is InChI=1S/C17H21N3/c1-11-7-8-14(12(2)9-11)17-19-15(10-16(18)20-17)13-5-3-4-6-13/h7-10,13H,3-6H2,1-2H3,(H2,18,19,20). The maximum absolute atomic E-state index is 5.99. The maximum Gasteiger partial charge on any atom is 0.162 e. The maximum atomic E-state index is 5.99. The van der Waals surface area contributed by atoms with Crippen LogP contribution in [0.4, 0.5) is 5.82 Å². The number of nitrogen functional groups attached to an aromatic ring is 1. The Morgan fingerprint density at radius 1 is 1.05 bits per heavy atom. The van der Waals surface area contributed by atoms with Gasteiger partial charge in [-0.3, -0.25) is 0 Å². The first-order valence-corrected chi connectivity index (χ1v) is 7.35. The topological polar surface area (TPSA) is 51.8 Å². The molecule has 0 atom stereocenters. The molecule has 1 aromatic heterocycles. The number of hydrogen-bond donors (Lipinski definition) is 1. The molecule has 0 bridgehead atoms. The van der Waals surface area contributed by atoms with Crippen molar-refractivity contribution in [3.63, 3.8) is 0 Å². The smallest absolute Gasteiger partial charge is 0.162 e. The molecule has 3 rings (SSSR count). The molecule has 0 unspecified atom stereocenters. The molecule has 1 heterocycles. The van der Waals surface area contributed by atoms with Crippen molar-refractivity contribution < 1.29 is 0 Å². The molecule has 0 amide bonds. The number of nitrogens with two attached hydrogens (primary N) is 1. The molecular formula is C17H21N3. The first-order chi connectivity index (χ1) is 9.63. The number of aryl methyl sites for hydroxylation is 2. The van der Waals surface area contributed by atoms with Gasteiger partial charge >= 0.3 is 0 Å². The number of aromatic nitrogens is 2. The third-order valence-corrected chi connectivity index (χ3v) is 4.16. The van der Waals surface area contributed by atoms with Crippen LogP contribution in [0.2, 0.25) is 0 Å². The van der Waals surface area contributed by atoms with Crippen LogP contribution in [0.1, 0.15) is 48.4 Å². The van der Waals surface area contributed by atoms with Crippen molar-refractivity contribution in [3.8, 4) is 11.4 Å². The molecule has 0 spiro atoms. The van der Waals surface area contributed by atoms with Crippen LogP contribution in [0.3, 0.4) is 0 Å². The Hall–Kier alpha value is -1.90. The van der Waals surface area contributed by atoms with E-state index in [4.69, 9.17) is 10.7 Å². The zero-order valence-electron chi connectivity index (χ0n) is 12.2. The highest BCUT2D eigenvalue weighted by atomic mass is 14.9. The van der Waals surface area contributed by atoms with Crippen molar-refractivity contribution >= 4 is 5.82 Å². The fraction of sp³-hybridized carbons (Fsp3) is 0.412. The van der Waals surface area contributed by atoms with Gasteiger partial charge < -0.3 is 5.73 Å². The first-order valence-electron chi connectivity index (χ1n) is 7.35. The van der Waals surface area contributed by atoms with Gasteiger partial charge in [0.25, 0.3) is 0 Å². The second-order valence-corrected chi connectivity index (χ2v) is 5.84. The van der Waals surface area contributed by atoms with E-state index >= 15 is 0 Å². The van der Waals surface area contributed by atoms with Gasteiger partial charge in [0.15, 0.2) is 5.82 Å². The van der Waals surface area contributed by atoms with Gasteiger partial charge in [0.05, 0.1) is 0 Å². The molecule has 0 saturated heterocycles. The molecular weight excluding hydrogens is 246 g/mol. The van der Waals surface area contributed by atoms with Gasteiger partial charge in [-0.15, -0.1) is 0 Å². The summed E-state index contributed by atoms with van der Waals surface area (Å²) in [4.78, 5) is 9.22. The van der Waals surface area contributed by atoms with Crippen molar-refractivity contribution in [1.29, 1.82) is 0 Å². The summed E-state index contributed by atoms with van der Waals surface area (Å²) < 4.78 is 0. The highest BCUT2D eigenvalue weighted by molar-refractivity contribution is 5.62. The van der Waals surface area contributed by atoms with E-state index in [0.29, 0.717) is 11.7 Å². The highest BCUT2D eigenvalue weighted by Gasteiger charge is 2.20. The molecule has 0 radical (unpaired) electrons. The molecule has 20 heavy (non-hydrogen) atoms. The van der Waals surface area contributed by atoms with Gasteiger partial charge in [-0.25, -0.2) is 9.97 Å². The lowest BCUT2D eigenvalue weighted by molar-refractivity contribution is 0.696. The summed E-state index contributed by atoms with van der Waals surface area (Å²) >= 11 is 0. The van der Waals surface area contributed by atoms with Crippen LogP contribution in [0.5, 0.6) is 0 Å². The second kappa shape index (κ2) is 5.23. The normalized spacial score (nSPS) is 15.7. The van der Waals surface area contributed by atoms with Gasteiger partial charge in [0.2, 0.25) is 0 Å². The minimum atomic E-state index is 0.560. The molecule has 2 N–H and O–H groups in total. The summed E-state index contributed by atoms with van der Waals surface area (Å²) in [6.45, 7) is 4.20. The zero-order chi connectivity index (χ0) is 14.1. The predicted molar refractivity (Wildman–Crippen MR) is 82.6 cm³/mol. The third-order valence-electron chi connectivity index (χ3n) is 4.16. The van der Waals surface area contributed by atoms with Gasteiger partial charge in [0, 0.05) is 23.2 Å². The van der Waals surface area contributed by atoms with Crippen LogP contribution in [0, 0.1) is 13.8 Å². The molecule has 3 heteroatoms. The molecule has 1 aliphatic carbocycles. The SMILES string of the molecule is Cc1ccc(-c2nc(N)cc(C3CCCC3)n2)c(C)c1. The Labute approximate surface area is 120 Å². The average molecular weight is 267 g/mol. The van der Waals surface area contributed by atoms with Gasteiger partial charge in [-0.1, -0.05) is 36.6 Å². The predicted octanol–water partition coefficient (Wildman–Crippen LogP) is 4.00. The lowest BCUT2D eigenvalue weighted by atomic mass is 10.0. The van der Waals surface area contributed by atoms with E-state index in [0.717, 1.165) is 17.1 Å². The molecule has 3 nitrogen and oxygen atoms in total. The van der Waals surface area contributed by atoms with Crippen LogP contribution in [0.25, 0.3) is 11.4 Å². The minimum Gasteiger partial charge on any atom is -0.384 e. The summed E-state index contributed by atoms with van der Waals surface area (Å²) in [6.07, 6.45) is 5.05. The summed E-state index contributed by atoms with van der Waals surface area (Å²) in [7, 11) is 0. The van der Waals surface area contributed by atoms with E-state index in [1.165, 1.54) is 36.8 Å². The van der Waals surface area contributed by atoms with Crippen molar-refractivity contribution in [2.45, 2.75) is 45.4 Å². The van der Waals surface area contributed by atoms with Crippen LogP contribution < -0.4 is 5.73 Å². The molecule has 1 saturated carbocycles. The number of rotatable bonds is 2. The van der Waals surface area contributed by atoms with E-state index in [-0.39, 0.29) is 0 Å². The van der Waals surface area contributed by atoms with Gasteiger partial charge in [-0.05, 0) is 32.3 Å². The fourth-order valence-corrected chi connectivity index (χ4v) is 3.10. The first kappa shape index (κ1) is 13.1. The monoisotopic (exact) mass is 267 g/mol. The summed E-state index contributed by atoms with van der Waals surface area (Å²) in [5.74, 6) is 1.91.